The van der Waals surface area contributed by atoms with Gasteiger partial charge in [-0.15, -0.1) is 0 Å². The molecule has 1 aliphatic heterocycles. The summed E-state index contributed by atoms with van der Waals surface area (Å²) in [4.78, 5) is 42.0. The predicted molar refractivity (Wildman–Crippen MR) is 91.0 cm³/mol. The third-order valence-electron chi connectivity index (χ3n) is 5.24. The summed E-state index contributed by atoms with van der Waals surface area (Å²) in [7, 11) is 0. The lowest BCUT2D eigenvalue weighted by Gasteiger charge is -2.27. The maximum atomic E-state index is 12.2. The summed E-state index contributed by atoms with van der Waals surface area (Å²) in [6.45, 7) is 4.14. The van der Waals surface area contributed by atoms with Gasteiger partial charge in [-0.3, -0.25) is 19.5 Å². The second-order valence-corrected chi connectivity index (χ2v) is 7.29. The van der Waals surface area contributed by atoms with Crippen LogP contribution in [0.1, 0.15) is 50.6 Å². The van der Waals surface area contributed by atoms with Crippen molar-refractivity contribution in [3.63, 3.8) is 0 Å². The Morgan fingerprint density at radius 2 is 1.96 bits per heavy atom. The Morgan fingerprint density at radius 1 is 1.21 bits per heavy atom. The van der Waals surface area contributed by atoms with E-state index in [9.17, 15) is 14.4 Å². The molecule has 1 atom stereocenters. The molecule has 7 nitrogen and oxygen atoms in total. The Labute approximate surface area is 140 Å². The van der Waals surface area contributed by atoms with Crippen LogP contribution in [0.5, 0.6) is 0 Å². The number of likely N-dealkylation sites (tertiary alicyclic amines) is 1. The van der Waals surface area contributed by atoms with Gasteiger partial charge in [0.25, 0.3) is 5.56 Å². The zero-order chi connectivity index (χ0) is 17.1. The second-order valence-electron chi connectivity index (χ2n) is 7.29. The van der Waals surface area contributed by atoms with E-state index in [1.807, 2.05) is 0 Å². The Hall–Kier alpha value is -1.89. The summed E-state index contributed by atoms with van der Waals surface area (Å²) >= 11 is 0. The number of hydrogen-bond acceptors (Lipinski definition) is 4. The molecule has 0 bridgehead atoms. The van der Waals surface area contributed by atoms with Crippen molar-refractivity contribution in [2.75, 3.05) is 19.6 Å². The standard InChI is InChI=1S/C17H26N4O3/c1-11-2-4-13(5-3-11)18-16(23)10-21-7-6-12(9-21)14-8-15(22)20-17(24)19-14/h8,11-13H,2-7,9-10H2,1H3,(H,18,23)(H2,19,20,22,24). The zero-order valence-corrected chi connectivity index (χ0v) is 14.1. The van der Waals surface area contributed by atoms with Crippen LogP contribution in [-0.4, -0.2) is 46.5 Å². The number of nitrogens with zero attached hydrogens (tertiary/aromatic N) is 1. The lowest BCUT2D eigenvalue weighted by Crippen LogP contribution is -2.42. The minimum atomic E-state index is -0.472. The summed E-state index contributed by atoms with van der Waals surface area (Å²) < 4.78 is 0. The van der Waals surface area contributed by atoms with Gasteiger partial charge in [-0.1, -0.05) is 6.92 Å². The molecule has 3 rings (SSSR count). The normalized spacial score (nSPS) is 28.0. The molecule has 2 aliphatic rings. The number of carbonyl (C=O) groups is 1. The van der Waals surface area contributed by atoms with Gasteiger partial charge in [0.05, 0.1) is 6.54 Å². The van der Waals surface area contributed by atoms with Crippen LogP contribution in [-0.2, 0) is 4.79 Å². The van der Waals surface area contributed by atoms with E-state index in [2.05, 4.69) is 27.1 Å². The fourth-order valence-electron chi connectivity index (χ4n) is 3.82. The maximum absolute atomic E-state index is 12.2. The first-order valence-electron chi connectivity index (χ1n) is 8.85. The van der Waals surface area contributed by atoms with Gasteiger partial charge in [-0.05, 0) is 44.6 Å². The third-order valence-corrected chi connectivity index (χ3v) is 5.24. The molecular weight excluding hydrogens is 308 g/mol. The number of carbonyl (C=O) groups excluding carboxylic acids is 1. The lowest BCUT2D eigenvalue weighted by atomic mass is 9.87. The van der Waals surface area contributed by atoms with Crippen LogP contribution in [0.2, 0.25) is 0 Å². The maximum Gasteiger partial charge on any atom is 0.325 e. The minimum absolute atomic E-state index is 0.0783. The summed E-state index contributed by atoms with van der Waals surface area (Å²) in [6.07, 6.45) is 5.36. The van der Waals surface area contributed by atoms with Crippen LogP contribution >= 0.6 is 0 Å². The highest BCUT2D eigenvalue weighted by Crippen LogP contribution is 2.25. The summed E-state index contributed by atoms with van der Waals surface area (Å²) in [6, 6.07) is 1.76. The van der Waals surface area contributed by atoms with Crippen LogP contribution in [0.15, 0.2) is 15.7 Å². The van der Waals surface area contributed by atoms with Gasteiger partial charge in [0, 0.05) is 30.3 Å². The number of rotatable bonds is 4. The highest BCUT2D eigenvalue weighted by molar-refractivity contribution is 5.78. The Bertz CT molecular complexity index is 659. The van der Waals surface area contributed by atoms with Crippen LogP contribution < -0.4 is 16.6 Å². The van der Waals surface area contributed by atoms with Crippen molar-refractivity contribution in [3.8, 4) is 0 Å². The van der Waals surface area contributed by atoms with Crippen molar-refractivity contribution >= 4 is 5.91 Å². The third kappa shape index (κ3) is 4.35. The Balaban J connectivity index is 1.49. The molecule has 7 heteroatoms. The molecule has 2 fully saturated rings. The molecule has 1 aliphatic carbocycles. The van der Waals surface area contributed by atoms with Crippen molar-refractivity contribution in [3.05, 3.63) is 32.6 Å². The summed E-state index contributed by atoms with van der Waals surface area (Å²) in [5.41, 5.74) is -0.190. The van der Waals surface area contributed by atoms with Crippen molar-refractivity contribution in [1.29, 1.82) is 0 Å². The minimum Gasteiger partial charge on any atom is -0.352 e. The largest absolute Gasteiger partial charge is 0.352 e. The number of aromatic nitrogens is 2. The molecule has 1 aromatic heterocycles. The number of aromatic amines is 2. The number of amides is 1. The van der Waals surface area contributed by atoms with Crippen molar-refractivity contribution < 1.29 is 4.79 Å². The van der Waals surface area contributed by atoms with Gasteiger partial charge in [0.1, 0.15) is 0 Å². The van der Waals surface area contributed by atoms with Crippen LogP contribution in [0.25, 0.3) is 0 Å². The second kappa shape index (κ2) is 7.34. The molecule has 24 heavy (non-hydrogen) atoms. The Morgan fingerprint density at radius 3 is 2.67 bits per heavy atom. The highest BCUT2D eigenvalue weighted by atomic mass is 16.2. The van der Waals surface area contributed by atoms with E-state index >= 15 is 0 Å². The average Bonchev–Trinajstić information content (AvgIpc) is 2.97. The first-order chi connectivity index (χ1) is 11.5. The molecule has 1 amide bonds. The lowest BCUT2D eigenvalue weighted by molar-refractivity contribution is -0.123. The molecule has 0 radical (unpaired) electrons. The molecule has 0 spiro atoms. The topological polar surface area (TPSA) is 98.1 Å². The Kier molecular flexibility index (Phi) is 5.18. The van der Waals surface area contributed by atoms with Crippen molar-refractivity contribution in [2.24, 2.45) is 5.92 Å². The molecule has 1 unspecified atom stereocenters. The summed E-state index contributed by atoms with van der Waals surface area (Å²) in [5.74, 6) is 0.951. The predicted octanol–water partition coefficient (Wildman–Crippen LogP) is 0.547. The van der Waals surface area contributed by atoms with Gasteiger partial charge in [-0.2, -0.15) is 0 Å². The molecule has 0 aromatic carbocycles. The quantitative estimate of drug-likeness (QED) is 0.749. The van der Waals surface area contributed by atoms with Gasteiger partial charge in [-0.25, -0.2) is 4.79 Å². The first kappa shape index (κ1) is 17.0. The van der Waals surface area contributed by atoms with Crippen LogP contribution in [0, 0.1) is 5.92 Å². The van der Waals surface area contributed by atoms with Crippen LogP contribution in [0.3, 0.4) is 0 Å². The molecule has 3 N–H and O–H groups in total. The van der Waals surface area contributed by atoms with Gasteiger partial charge >= 0.3 is 5.69 Å². The molecule has 1 saturated heterocycles. The van der Waals surface area contributed by atoms with Crippen molar-refractivity contribution in [2.45, 2.75) is 51.0 Å². The zero-order valence-electron chi connectivity index (χ0n) is 14.1. The van der Waals surface area contributed by atoms with Gasteiger partial charge in [0.15, 0.2) is 0 Å². The molecular formula is C17H26N4O3. The van der Waals surface area contributed by atoms with E-state index in [-0.39, 0.29) is 17.4 Å². The monoisotopic (exact) mass is 334 g/mol. The highest BCUT2D eigenvalue weighted by Gasteiger charge is 2.27. The van der Waals surface area contributed by atoms with Crippen molar-refractivity contribution in [1.82, 2.24) is 20.2 Å². The van der Waals surface area contributed by atoms with E-state index in [0.29, 0.717) is 24.8 Å². The fourth-order valence-corrected chi connectivity index (χ4v) is 3.82. The van der Waals surface area contributed by atoms with E-state index in [1.165, 1.54) is 18.9 Å². The van der Waals surface area contributed by atoms with Gasteiger partial charge < -0.3 is 10.3 Å². The number of nitrogens with one attached hydrogen (secondary N) is 3. The molecule has 2 heterocycles. The smallest absolute Gasteiger partial charge is 0.325 e. The number of hydrogen-bond donors (Lipinski definition) is 3. The molecule has 132 valence electrons. The first-order valence-corrected chi connectivity index (χ1v) is 8.85. The van der Waals surface area contributed by atoms with Crippen LogP contribution in [0.4, 0.5) is 0 Å². The van der Waals surface area contributed by atoms with E-state index in [0.717, 1.165) is 31.7 Å². The van der Waals surface area contributed by atoms with E-state index in [4.69, 9.17) is 0 Å². The average molecular weight is 334 g/mol. The molecule has 1 aromatic rings. The fraction of sp³-hybridized carbons (Fsp3) is 0.706. The van der Waals surface area contributed by atoms with E-state index < -0.39 is 5.69 Å². The van der Waals surface area contributed by atoms with Gasteiger partial charge in [0.2, 0.25) is 5.91 Å². The molecule has 1 saturated carbocycles. The SMILES string of the molecule is CC1CCC(NC(=O)CN2CCC(c3cc(=O)[nH]c(=O)[nH]3)C2)CC1. The number of H-pyrrole nitrogens is 2. The van der Waals surface area contributed by atoms with E-state index in [1.54, 1.807) is 0 Å². The summed E-state index contributed by atoms with van der Waals surface area (Å²) in [5, 5.41) is 3.15.